The summed E-state index contributed by atoms with van der Waals surface area (Å²) in [5.41, 5.74) is 1.05. The molecule has 0 aliphatic heterocycles. The van der Waals surface area contributed by atoms with Gasteiger partial charge in [0.2, 0.25) is 0 Å². The molecular weight excluding hydrogens is 290 g/mol. The van der Waals surface area contributed by atoms with Crippen LogP contribution in [0, 0.1) is 0 Å². The zero-order valence-corrected chi connectivity index (χ0v) is 13.7. The molecule has 23 heavy (non-hydrogen) atoms. The number of hydrogen-bond donors (Lipinski definition) is 0. The van der Waals surface area contributed by atoms with Gasteiger partial charge in [0.25, 0.3) is 5.56 Å². The van der Waals surface area contributed by atoms with E-state index in [0.29, 0.717) is 25.5 Å². The summed E-state index contributed by atoms with van der Waals surface area (Å²) in [5, 5.41) is 0. The van der Waals surface area contributed by atoms with Crippen molar-refractivity contribution in [3.05, 3.63) is 64.6 Å². The number of benzene rings is 1. The Bertz CT molecular complexity index is 622. The molecule has 0 unspecified atom stereocenters. The number of nitrogens with zero attached hydrogens (tertiary/aromatic N) is 1. The summed E-state index contributed by atoms with van der Waals surface area (Å²) in [6.07, 6.45) is 4.86. The normalized spacial score (nSPS) is 10.7. The lowest BCUT2D eigenvalue weighted by Gasteiger charge is -2.09. The first-order chi connectivity index (χ1) is 11.3. The van der Waals surface area contributed by atoms with Crippen LogP contribution in [0.25, 0.3) is 0 Å². The van der Waals surface area contributed by atoms with E-state index in [4.69, 9.17) is 9.47 Å². The molecular formula is C19H25NO3. The molecule has 0 aliphatic carbocycles. The maximum absolute atomic E-state index is 12.1. The van der Waals surface area contributed by atoms with Gasteiger partial charge in [0, 0.05) is 31.9 Å². The minimum Gasteiger partial charge on any atom is -0.493 e. The Morgan fingerprint density at radius 3 is 2.52 bits per heavy atom. The van der Waals surface area contributed by atoms with Gasteiger partial charge in [-0.25, -0.2) is 0 Å². The van der Waals surface area contributed by atoms with Gasteiger partial charge in [0.15, 0.2) is 0 Å². The van der Waals surface area contributed by atoms with Crippen LogP contribution in [0.5, 0.6) is 5.75 Å². The van der Waals surface area contributed by atoms with E-state index in [1.807, 2.05) is 36.4 Å². The molecule has 1 aromatic heterocycles. The summed E-state index contributed by atoms with van der Waals surface area (Å²) in [6, 6.07) is 13.3. The van der Waals surface area contributed by atoms with E-state index in [1.165, 1.54) is 0 Å². The monoisotopic (exact) mass is 315 g/mol. The topological polar surface area (TPSA) is 40.5 Å². The predicted molar refractivity (Wildman–Crippen MR) is 92.1 cm³/mol. The van der Waals surface area contributed by atoms with Crippen molar-refractivity contribution in [2.45, 2.75) is 32.7 Å². The van der Waals surface area contributed by atoms with E-state index in [0.717, 1.165) is 31.4 Å². The molecule has 0 saturated carbocycles. The van der Waals surface area contributed by atoms with Crippen LogP contribution in [-0.2, 0) is 11.3 Å². The van der Waals surface area contributed by atoms with Crippen molar-refractivity contribution in [2.75, 3.05) is 19.8 Å². The number of hydrogen-bond acceptors (Lipinski definition) is 3. The number of aromatic nitrogens is 1. The van der Waals surface area contributed by atoms with Gasteiger partial charge < -0.3 is 14.0 Å². The van der Waals surface area contributed by atoms with Gasteiger partial charge in [-0.05, 0) is 18.1 Å². The second-order valence-corrected chi connectivity index (χ2v) is 5.48. The Morgan fingerprint density at radius 1 is 1.00 bits per heavy atom. The molecule has 0 amide bonds. The van der Waals surface area contributed by atoms with Crippen molar-refractivity contribution < 1.29 is 9.47 Å². The highest BCUT2D eigenvalue weighted by atomic mass is 16.5. The number of unbranched alkanes of at least 4 members (excludes halogenated alkanes) is 1. The molecule has 1 aromatic carbocycles. The van der Waals surface area contributed by atoms with Crippen LogP contribution in [0.1, 0.15) is 31.7 Å². The first kappa shape index (κ1) is 17.3. The van der Waals surface area contributed by atoms with Crippen molar-refractivity contribution in [1.82, 2.24) is 4.57 Å². The second-order valence-electron chi connectivity index (χ2n) is 5.48. The molecule has 0 aliphatic rings. The molecule has 2 aromatic rings. The fraction of sp³-hybridized carbons (Fsp3) is 0.421. The molecule has 0 radical (unpaired) electrons. The maximum atomic E-state index is 12.1. The minimum atomic E-state index is -0.0504. The summed E-state index contributed by atoms with van der Waals surface area (Å²) in [7, 11) is 0. The average Bonchev–Trinajstić information content (AvgIpc) is 2.57. The van der Waals surface area contributed by atoms with Crippen LogP contribution in [0.4, 0.5) is 0 Å². The Morgan fingerprint density at radius 2 is 1.78 bits per heavy atom. The molecule has 0 fully saturated rings. The summed E-state index contributed by atoms with van der Waals surface area (Å²) in [4.78, 5) is 12.1. The van der Waals surface area contributed by atoms with Gasteiger partial charge >= 0.3 is 0 Å². The molecule has 4 heteroatoms. The van der Waals surface area contributed by atoms with Gasteiger partial charge in [-0.3, -0.25) is 4.79 Å². The first-order valence-corrected chi connectivity index (χ1v) is 8.24. The lowest BCUT2D eigenvalue weighted by Crippen LogP contribution is -2.19. The third-order valence-electron chi connectivity index (χ3n) is 3.51. The van der Waals surface area contributed by atoms with E-state index >= 15 is 0 Å². The predicted octanol–water partition coefficient (Wildman–Crippen LogP) is 3.48. The highest BCUT2D eigenvalue weighted by Gasteiger charge is 2.01. The average molecular weight is 315 g/mol. The lowest BCUT2D eigenvalue weighted by molar-refractivity contribution is 0.117. The van der Waals surface area contributed by atoms with Crippen molar-refractivity contribution in [3.63, 3.8) is 0 Å². The van der Waals surface area contributed by atoms with E-state index in [2.05, 4.69) is 6.92 Å². The first-order valence-electron chi connectivity index (χ1n) is 8.24. The number of ether oxygens (including phenoxy) is 2. The van der Waals surface area contributed by atoms with Crippen LogP contribution in [0.2, 0.25) is 0 Å². The summed E-state index contributed by atoms with van der Waals surface area (Å²) in [6.45, 7) is 4.79. The molecule has 0 atom stereocenters. The van der Waals surface area contributed by atoms with E-state index in [9.17, 15) is 4.79 Å². The molecule has 4 nitrogen and oxygen atoms in total. The molecule has 0 saturated heterocycles. The lowest BCUT2D eigenvalue weighted by atomic mass is 10.2. The third-order valence-corrected chi connectivity index (χ3v) is 3.51. The molecule has 2 rings (SSSR count). The van der Waals surface area contributed by atoms with Crippen molar-refractivity contribution in [3.8, 4) is 5.75 Å². The van der Waals surface area contributed by atoms with E-state index in [-0.39, 0.29) is 5.56 Å². The molecule has 124 valence electrons. The summed E-state index contributed by atoms with van der Waals surface area (Å²) in [5.74, 6) is 0.618. The number of rotatable bonds is 10. The van der Waals surface area contributed by atoms with Gasteiger partial charge in [0.05, 0.1) is 13.2 Å². The Kier molecular flexibility index (Phi) is 7.40. The third kappa shape index (κ3) is 6.28. The van der Waals surface area contributed by atoms with Gasteiger partial charge in [-0.2, -0.15) is 0 Å². The van der Waals surface area contributed by atoms with Crippen LogP contribution < -0.4 is 10.3 Å². The Hall–Kier alpha value is -2.07. The zero-order chi connectivity index (χ0) is 16.3. The highest BCUT2D eigenvalue weighted by molar-refractivity contribution is 5.20. The molecule has 0 N–H and O–H groups in total. The largest absolute Gasteiger partial charge is 0.493 e. The molecule has 0 spiro atoms. The van der Waals surface area contributed by atoms with Crippen LogP contribution in [0.3, 0.4) is 0 Å². The number of pyridine rings is 1. The Labute approximate surface area is 137 Å². The summed E-state index contributed by atoms with van der Waals surface area (Å²) < 4.78 is 12.8. The SMILES string of the molecule is CCCCOCCCOc1ccn(Cc2ccccc2)c(=O)c1. The molecule has 1 heterocycles. The van der Waals surface area contributed by atoms with E-state index in [1.54, 1.807) is 16.8 Å². The van der Waals surface area contributed by atoms with Crippen molar-refractivity contribution >= 4 is 0 Å². The summed E-state index contributed by atoms with van der Waals surface area (Å²) >= 11 is 0. The van der Waals surface area contributed by atoms with Gasteiger partial charge in [-0.1, -0.05) is 43.7 Å². The fourth-order valence-electron chi connectivity index (χ4n) is 2.19. The maximum Gasteiger partial charge on any atom is 0.254 e. The minimum absolute atomic E-state index is 0.0504. The van der Waals surface area contributed by atoms with E-state index < -0.39 is 0 Å². The van der Waals surface area contributed by atoms with Crippen molar-refractivity contribution in [1.29, 1.82) is 0 Å². The zero-order valence-electron chi connectivity index (χ0n) is 13.7. The van der Waals surface area contributed by atoms with Gasteiger partial charge in [0.1, 0.15) is 5.75 Å². The van der Waals surface area contributed by atoms with Gasteiger partial charge in [-0.15, -0.1) is 0 Å². The molecule has 0 bridgehead atoms. The van der Waals surface area contributed by atoms with Crippen LogP contribution >= 0.6 is 0 Å². The standard InChI is InChI=1S/C19H25NO3/c1-2-3-12-22-13-7-14-23-18-10-11-20(19(21)15-18)16-17-8-5-4-6-9-17/h4-6,8-11,15H,2-3,7,12-14,16H2,1H3. The van der Waals surface area contributed by atoms with Crippen LogP contribution in [-0.4, -0.2) is 24.4 Å². The van der Waals surface area contributed by atoms with Crippen molar-refractivity contribution in [2.24, 2.45) is 0 Å². The second kappa shape index (κ2) is 9.85. The quantitative estimate of drug-likeness (QED) is 0.630. The van der Waals surface area contributed by atoms with Crippen LogP contribution in [0.15, 0.2) is 53.5 Å². The fourth-order valence-corrected chi connectivity index (χ4v) is 2.19. The Balaban J connectivity index is 1.77. The smallest absolute Gasteiger partial charge is 0.254 e. The highest BCUT2D eigenvalue weighted by Crippen LogP contribution is 2.08.